The number of carbonyl (C=O) groups excluding carboxylic acids is 4. The average molecular weight is 459 g/mol. The van der Waals surface area contributed by atoms with Crippen LogP contribution < -0.4 is 38.9 Å². The largest absolute Gasteiger partial charge is 0.480 e. The summed E-state index contributed by atoms with van der Waals surface area (Å²) in [6.07, 6.45) is 0.00171. The van der Waals surface area contributed by atoms with Crippen LogP contribution in [0.1, 0.15) is 40.0 Å². The van der Waals surface area contributed by atoms with Crippen LogP contribution in [0.2, 0.25) is 0 Å². The second-order valence-electron chi connectivity index (χ2n) is 7.59. The van der Waals surface area contributed by atoms with E-state index in [0.717, 1.165) is 0 Å². The van der Waals surface area contributed by atoms with Gasteiger partial charge in [-0.15, -0.1) is 0 Å². The maximum atomic E-state index is 12.8. The minimum Gasteiger partial charge on any atom is -0.480 e. The predicted octanol–water partition coefficient (Wildman–Crippen LogP) is -3.54. The van der Waals surface area contributed by atoms with E-state index in [9.17, 15) is 24.0 Å². The van der Waals surface area contributed by atoms with E-state index in [0.29, 0.717) is 6.42 Å². The Morgan fingerprint density at radius 1 is 0.906 bits per heavy atom. The summed E-state index contributed by atoms with van der Waals surface area (Å²) in [7, 11) is 0. The first-order chi connectivity index (χ1) is 14.8. The summed E-state index contributed by atoms with van der Waals surface area (Å²) in [6.45, 7) is 4.77. The molecule has 32 heavy (non-hydrogen) atoms. The molecule has 0 aliphatic rings. The van der Waals surface area contributed by atoms with E-state index < -0.39 is 66.1 Å². The third-order valence-corrected chi connectivity index (χ3v) is 4.31. The van der Waals surface area contributed by atoms with E-state index in [-0.39, 0.29) is 18.9 Å². The molecule has 0 aliphatic heterocycles. The van der Waals surface area contributed by atoms with Gasteiger partial charge in [-0.05, 0) is 25.7 Å². The molecule has 0 aromatic rings. The number of carboxylic acids is 1. The molecule has 0 radical (unpaired) electrons. The van der Waals surface area contributed by atoms with Crippen molar-refractivity contribution in [3.8, 4) is 0 Å². The fraction of sp³-hybridized carbons (Fsp3) is 0.667. The Morgan fingerprint density at radius 3 is 1.97 bits per heavy atom. The molecule has 0 fully saturated rings. The molecule has 14 heteroatoms. The van der Waals surface area contributed by atoms with Crippen LogP contribution in [0, 0.1) is 5.92 Å². The van der Waals surface area contributed by atoms with Crippen molar-refractivity contribution in [1.29, 1.82) is 0 Å². The first-order valence-corrected chi connectivity index (χ1v) is 9.99. The second kappa shape index (κ2) is 13.8. The smallest absolute Gasteiger partial charge is 0.325 e. The summed E-state index contributed by atoms with van der Waals surface area (Å²) in [5, 5.41) is 16.2. The third kappa shape index (κ3) is 11.1. The minimum absolute atomic E-state index is 0.0979. The summed E-state index contributed by atoms with van der Waals surface area (Å²) in [5.41, 5.74) is 21.2. The molecule has 14 nitrogen and oxygen atoms in total. The van der Waals surface area contributed by atoms with E-state index >= 15 is 0 Å². The topological polar surface area (TPSA) is 258 Å². The molecule has 0 saturated heterocycles. The molecule has 0 rings (SSSR count). The first-order valence-electron chi connectivity index (χ1n) is 9.99. The molecule has 182 valence electrons. The van der Waals surface area contributed by atoms with Gasteiger partial charge in [-0.25, -0.2) is 0 Å². The van der Waals surface area contributed by atoms with Crippen molar-refractivity contribution in [1.82, 2.24) is 16.0 Å². The lowest BCUT2D eigenvalue weighted by atomic mass is 10.0. The van der Waals surface area contributed by atoms with Gasteiger partial charge in [0.1, 0.15) is 18.1 Å². The van der Waals surface area contributed by atoms with Gasteiger partial charge < -0.3 is 44.0 Å². The number of carboxylic acid groups (broad SMARTS) is 1. The Kier molecular flexibility index (Phi) is 12.3. The summed E-state index contributed by atoms with van der Waals surface area (Å²) < 4.78 is 0. The number of aliphatic imine (C=N–C) groups is 1. The van der Waals surface area contributed by atoms with Gasteiger partial charge in [0.2, 0.25) is 23.6 Å². The summed E-state index contributed by atoms with van der Waals surface area (Å²) >= 11 is 0. The van der Waals surface area contributed by atoms with Crippen LogP contribution in [0.4, 0.5) is 0 Å². The van der Waals surface area contributed by atoms with Crippen molar-refractivity contribution >= 4 is 35.6 Å². The van der Waals surface area contributed by atoms with Crippen LogP contribution in [-0.2, 0) is 24.0 Å². The lowest BCUT2D eigenvalue weighted by molar-refractivity contribution is -0.141. The highest BCUT2D eigenvalue weighted by atomic mass is 16.4. The first kappa shape index (κ1) is 28.6. The molecule has 0 aromatic heterocycles. The zero-order valence-corrected chi connectivity index (χ0v) is 18.5. The van der Waals surface area contributed by atoms with Gasteiger partial charge in [-0.3, -0.25) is 29.0 Å². The summed E-state index contributed by atoms with van der Waals surface area (Å²) in [5.74, 6) is -4.73. The maximum Gasteiger partial charge on any atom is 0.325 e. The van der Waals surface area contributed by atoms with Crippen LogP contribution in [0.15, 0.2) is 4.99 Å². The van der Waals surface area contributed by atoms with Gasteiger partial charge in [-0.2, -0.15) is 0 Å². The molecule has 0 spiro atoms. The SMILES string of the molecule is CC(NC(=O)C(CCCN=C(N)N)NC(=O)C(NC(=O)C(N)CC(N)=O)C(C)C)C(=O)O. The highest BCUT2D eigenvalue weighted by Crippen LogP contribution is 2.06. The van der Waals surface area contributed by atoms with Gasteiger partial charge in [0.25, 0.3) is 0 Å². The highest BCUT2D eigenvalue weighted by molar-refractivity contribution is 5.95. The van der Waals surface area contributed by atoms with Crippen molar-refractivity contribution in [2.24, 2.45) is 33.8 Å². The van der Waals surface area contributed by atoms with Gasteiger partial charge in [0.15, 0.2) is 5.96 Å². The Balaban J connectivity index is 5.37. The van der Waals surface area contributed by atoms with Crippen LogP contribution in [0.3, 0.4) is 0 Å². The number of nitrogens with two attached hydrogens (primary N) is 4. The highest BCUT2D eigenvalue weighted by Gasteiger charge is 2.31. The van der Waals surface area contributed by atoms with Crippen molar-refractivity contribution in [3.05, 3.63) is 0 Å². The van der Waals surface area contributed by atoms with Gasteiger partial charge in [-0.1, -0.05) is 13.8 Å². The quantitative estimate of drug-likeness (QED) is 0.0726. The number of aliphatic carboxylic acids is 1. The second-order valence-corrected chi connectivity index (χ2v) is 7.59. The van der Waals surface area contributed by atoms with E-state index in [1.54, 1.807) is 13.8 Å². The van der Waals surface area contributed by atoms with Crippen molar-refractivity contribution in [2.75, 3.05) is 6.54 Å². The van der Waals surface area contributed by atoms with E-state index in [2.05, 4.69) is 20.9 Å². The molecule has 12 N–H and O–H groups in total. The van der Waals surface area contributed by atoms with Gasteiger partial charge >= 0.3 is 5.97 Å². The van der Waals surface area contributed by atoms with Gasteiger partial charge in [0, 0.05) is 6.54 Å². The van der Waals surface area contributed by atoms with E-state index in [4.69, 9.17) is 28.0 Å². The zero-order chi connectivity index (χ0) is 25.0. The monoisotopic (exact) mass is 458 g/mol. The normalized spacial score (nSPS) is 14.4. The Hall–Kier alpha value is -3.42. The van der Waals surface area contributed by atoms with Crippen molar-refractivity contribution < 1.29 is 29.1 Å². The van der Waals surface area contributed by atoms with E-state index in [1.807, 2.05) is 0 Å². The number of nitrogens with zero attached hydrogens (tertiary/aromatic N) is 1. The maximum absolute atomic E-state index is 12.8. The predicted molar refractivity (Wildman–Crippen MR) is 116 cm³/mol. The van der Waals surface area contributed by atoms with Crippen molar-refractivity contribution in [3.63, 3.8) is 0 Å². The molecule has 4 amide bonds. The van der Waals surface area contributed by atoms with Crippen LogP contribution in [0.5, 0.6) is 0 Å². The summed E-state index contributed by atoms with van der Waals surface area (Å²) in [6, 6.07) is -4.62. The van der Waals surface area contributed by atoms with E-state index in [1.165, 1.54) is 6.92 Å². The molecule has 4 unspecified atom stereocenters. The number of hydrogen-bond donors (Lipinski definition) is 8. The van der Waals surface area contributed by atoms with Crippen molar-refractivity contribution in [2.45, 2.75) is 64.2 Å². The van der Waals surface area contributed by atoms with Crippen LogP contribution >= 0.6 is 0 Å². The minimum atomic E-state index is -1.25. The Bertz CT molecular complexity index is 722. The fourth-order valence-electron chi connectivity index (χ4n) is 2.51. The summed E-state index contributed by atoms with van der Waals surface area (Å²) in [4.78, 5) is 63.3. The number of rotatable bonds is 14. The number of carbonyl (C=O) groups is 5. The molecule has 4 atom stereocenters. The average Bonchev–Trinajstić information content (AvgIpc) is 2.66. The molecule has 0 aliphatic carbocycles. The molecule has 0 aromatic carbocycles. The van der Waals surface area contributed by atoms with Crippen LogP contribution in [0.25, 0.3) is 0 Å². The number of amides is 4. The number of hydrogen-bond acceptors (Lipinski definition) is 7. The molecule has 0 bridgehead atoms. The molecule has 0 saturated carbocycles. The molecule has 0 heterocycles. The molecular weight excluding hydrogens is 424 g/mol. The standard InChI is InChI=1S/C18H34N8O6/c1-8(2)13(26-14(28)10(19)7-12(20)27)16(30)25-11(5-4-6-23-18(21)22)15(29)24-9(3)17(31)32/h8-11,13H,4-7,19H2,1-3H3,(H2,20,27)(H,24,29)(H,25,30)(H,26,28)(H,31,32)(H4,21,22,23). The Labute approximate surface area is 185 Å². The third-order valence-electron chi connectivity index (χ3n) is 4.31. The zero-order valence-electron chi connectivity index (χ0n) is 18.5. The van der Waals surface area contributed by atoms with Crippen LogP contribution in [-0.4, -0.2) is 71.4 Å². The number of guanidine groups is 1. The number of nitrogens with one attached hydrogen (secondary N) is 3. The molecular formula is C18H34N8O6. The fourth-order valence-corrected chi connectivity index (χ4v) is 2.51. The Morgan fingerprint density at radius 2 is 1.50 bits per heavy atom. The van der Waals surface area contributed by atoms with Gasteiger partial charge in [0.05, 0.1) is 12.5 Å². The number of primary amides is 1. The lowest BCUT2D eigenvalue weighted by Crippen LogP contribution is -2.58. The lowest BCUT2D eigenvalue weighted by Gasteiger charge is -2.26.